The normalized spacial score (nSPS) is 23.0. The van der Waals surface area contributed by atoms with Crippen molar-refractivity contribution in [3.63, 3.8) is 0 Å². The van der Waals surface area contributed by atoms with Crippen LogP contribution in [-0.2, 0) is 20.7 Å². The highest BCUT2D eigenvalue weighted by Gasteiger charge is 2.44. The number of nitrogens with zero attached hydrogens (tertiary/aromatic N) is 1. The summed E-state index contributed by atoms with van der Waals surface area (Å²) in [6.45, 7) is 6.67. The Morgan fingerprint density at radius 1 is 1.28 bits per heavy atom. The number of carbonyl (C=O) groups excluding carboxylic acids is 1. The van der Waals surface area contributed by atoms with Gasteiger partial charge in [-0.05, 0) is 49.3 Å². The van der Waals surface area contributed by atoms with Crippen molar-refractivity contribution in [2.75, 3.05) is 39.5 Å². The van der Waals surface area contributed by atoms with Gasteiger partial charge in [0, 0.05) is 32.2 Å². The van der Waals surface area contributed by atoms with Crippen LogP contribution in [0, 0.1) is 17.2 Å². The molecule has 0 saturated carbocycles. The summed E-state index contributed by atoms with van der Waals surface area (Å²) in [7, 11) is 0. The van der Waals surface area contributed by atoms with Gasteiger partial charge in [-0.25, -0.2) is 4.39 Å². The molecule has 1 aromatic carbocycles. The fourth-order valence-electron chi connectivity index (χ4n) is 4.12. The number of rotatable bonds is 5. The number of piperidine rings is 1. The highest BCUT2D eigenvalue weighted by molar-refractivity contribution is 5.78. The van der Waals surface area contributed by atoms with E-state index in [9.17, 15) is 9.18 Å². The van der Waals surface area contributed by atoms with Gasteiger partial charge in [-0.1, -0.05) is 12.1 Å². The van der Waals surface area contributed by atoms with E-state index >= 15 is 0 Å². The molecule has 3 rings (SSSR count). The summed E-state index contributed by atoms with van der Waals surface area (Å²) in [5, 5.41) is 0. The molecule has 0 N–H and O–H groups in total. The fourth-order valence-corrected chi connectivity index (χ4v) is 4.12. The van der Waals surface area contributed by atoms with Gasteiger partial charge in [-0.2, -0.15) is 0 Å². The van der Waals surface area contributed by atoms with Crippen molar-refractivity contribution >= 4 is 5.91 Å². The Kier molecular flexibility index (Phi) is 6.07. The van der Waals surface area contributed by atoms with E-state index < -0.39 is 0 Å². The smallest absolute Gasteiger partial charge is 0.226 e. The molecule has 2 saturated heterocycles. The summed E-state index contributed by atoms with van der Waals surface area (Å²) in [5.74, 6) is 0.293. The van der Waals surface area contributed by atoms with E-state index in [0.29, 0.717) is 12.3 Å². The molecule has 138 valence electrons. The standard InChI is InChI=1S/C20H28FNO3/c1-2-24-14-17-15-25-12-9-20(17)7-10-22(11-8-20)19(23)13-16-3-5-18(21)6-4-16/h3-6,17H,2,7-15H2,1H3. The molecule has 1 atom stereocenters. The van der Waals surface area contributed by atoms with Crippen molar-refractivity contribution < 1.29 is 18.7 Å². The predicted octanol–water partition coefficient (Wildman–Crippen LogP) is 3.05. The lowest BCUT2D eigenvalue weighted by Gasteiger charge is -2.49. The van der Waals surface area contributed by atoms with E-state index in [1.54, 1.807) is 12.1 Å². The molecule has 2 fully saturated rings. The fraction of sp³-hybridized carbons (Fsp3) is 0.650. The van der Waals surface area contributed by atoms with Crippen molar-refractivity contribution in [1.29, 1.82) is 0 Å². The first-order valence-electron chi connectivity index (χ1n) is 9.31. The van der Waals surface area contributed by atoms with Crippen LogP contribution in [0.3, 0.4) is 0 Å². The first-order chi connectivity index (χ1) is 12.1. The van der Waals surface area contributed by atoms with Crippen molar-refractivity contribution in [2.45, 2.75) is 32.6 Å². The summed E-state index contributed by atoms with van der Waals surface area (Å²) in [6, 6.07) is 6.20. The van der Waals surface area contributed by atoms with Crippen LogP contribution in [0.5, 0.6) is 0 Å². The zero-order valence-electron chi connectivity index (χ0n) is 15.0. The average molecular weight is 349 g/mol. The van der Waals surface area contributed by atoms with Crippen LogP contribution < -0.4 is 0 Å². The van der Waals surface area contributed by atoms with Gasteiger partial charge in [0.1, 0.15) is 5.82 Å². The van der Waals surface area contributed by atoms with Crippen molar-refractivity contribution in [3.05, 3.63) is 35.6 Å². The van der Waals surface area contributed by atoms with Crippen LogP contribution in [-0.4, -0.2) is 50.3 Å². The van der Waals surface area contributed by atoms with Crippen LogP contribution in [0.25, 0.3) is 0 Å². The van der Waals surface area contributed by atoms with E-state index in [1.165, 1.54) is 12.1 Å². The highest BCUT2D eigenvalue weighted by Crippen LogP contribution is 2.44. The largest absolute Gasteiger partial charge is 0.381 e. The maximum Gasteiger partial charge on any atom is 0.226 e. The second kappa shape index (κ2) is 8.28. The van der Waals surface area contributed by atoms with Crippen LogP contribution >= 0.6 is 0 Å². The number of benzene rings is 1. The third-order valence-corrected chi connectivity index (χ3v) is 5.83. The third kappa shape index (κ3) is 4.39. The average Bonchev–Trinajstić information content (AvgIpc) is 2.63. The molecule has 1 unspecified atom stereocenters. The number of hydrogen-bond acceptors (Lipinski definition) is 3. The molecule has 0 radical (unpaired) electrons. The van der Waals surface area contributed by atoms with Gasteiger partial charge in [0.05, 0.1) is 19.6 Å². The summed E-state index contributed by atoms with van der Waals surface area (Å²) < 4.78 is 24.3. The third-order valence-electron chi connectivity index (χ3n) is 5.83. The Balaban J connectivity index is 1.56. The van der Waals surface area contributed by atoms with E-state index in [-0.39, 0.29) is 17.1 Å². The topological polar surface area (TPSA) is 38.8 Å². The minimum absolute atomic E-state index is 0.134. The van der Waals surface area contributed by atoms with Crippen LogP contribution in [0.4, 0.5) is 4.39 Å². The number of amides is 1. The van der Waals surface area contributed by atoms with Crippen LogP contribution in [0.1, 0.15) is 31.7 Å². The first kappa shape index (κ1) is 18.3. The number of ether oxygens (including phenoxy) is 2. The van der Waals surface area contributed by atoms with Crippen molar-refractivity contribution in [3.8, 4) is 0 Å². The van der Waals surface area contributed by atoms with Crippen LogP contribution in [0.15, 0.2) is 24.3 Å². The Morgan fingerprint density at radius 3 is 2.68 bits per heavy atom. The Bertz CT molecular complexity index is 567. The Labute approximate surface area is 149 Å². The minimum atomic E-state index is -0.268. The number of hydrogen-bond donors (Lipinski definition) is 0. The van der Waals surface area contributed by atoms with Crippen LogP contribution in [0.2, 0.25) is 0 Å². The maximum absolute atomic E-state index is 13.0. The van der Waals surface area contributed by atoms with Crippen molar-refractivity contribution in [1.82, 2.24) is 4.90 Å². The number of carbonyl (C=O) groups is 1. The number of halogens is 1. The predicted molar refractivity (Wildman–Crippen MR) is 93.8 cm³/mol. The SMILES string of the molecule is CCOCC1COCCC12CCN(C(=O)Cc1ccc(F)cc1)CC2. The van der Waals surface area contributed by atoms with Gasteiger partial charge in [0.2, 0.25) is 5.91 Å². The summed E-state index contributed by atoms with van der Waals surface area (Å²) in [4.78, 5) is 14.5. The second-order valence-electron chi connectivity index (χ2n) is 7.23. The van der Waals surface area contributed by atoms with Gasteiger partial charge in [0.25, 0.3) is 0 Å². The van der Waals surface area contributed by atoms with Gasteiger partial charge >= 0.3 is 0 Å². The van der Waals surface area contributed by atoms with E-state index in [1.807, 2.05) is 11.8 Å². The Morgan fingerprint density at radius 2 is 2.00 bits per heavy atom. The van der Waals surface area contributed by atoms with Gasteiger partial charge in [-0.15, -0.1) is 0 Å². The molecule has 25 heavy (non-hydrogen) atoms. The molecule has 2 aliphatic rings. The minimum Gasteiger partial charge on any atom is -0.381 e. The van der Waals surface area contributed by atoms with Crippen molar-refractivity contribution in [2.24, 2.45) is 11.3 Å². The van der Waals surface area contributed by atoms with Gasteiger partial charge in [-0.3, -0.25) is 4.79 Å². The zero-order chi connectivity index (χ0) is 17.7. The molecular weight excluding hydrogens is 321 g/mol. The molecule has 4 nitrogen and oxygen atoms in total. The summed E-state index contributed by atoms with van der Waals surface area (Å²) >= 11 is 0. The molecule has 5 heteroatoms. The molecule has 0 aromatic heterocycles. The number of likely N-dealkylation sites (tertiary alicyclic amines) is 1. The summed E-state index contributed by atoms with van der Waals surface area (Å²) in [5.41, 5.74) is 1.12. The zero-order valence-corrected chi connectivity index (χ0v) is 15.0. The maximum atomic E-state index is 13.0. The molecular formula is C20H28FNO3. The molecule has 1 aromatic rings. The highest BCUT2D eigenvalue weighted by atomic mass is 19.1. The quantitative estimate of drug-likeness (QED) is 0.820. The molecule has 2 heterocycles. The molecule has 0 aliphatic carbocycles. The van der Waals surface area contributed by atoms with E-state index in [2.05, 4.69) is 0 Å². The van der Waals surface area contributed by atoms with Gasteiger partial charge < -0.3 is 14.4 Å². The molecule has 2 aliphatic heterocycles. The first-order valence-corrected chi connectivity index (χ1v) is 9.31. The van der Waals surface area contributed by atoms with E-state index in [4.69, 9.17) is 9.47 Å². The van der Waals surface area contributed by atoms with E-state index in [0.717, 1.165) is 64.3 Å². The van der Waals surface area contributed by atoms with Gasteiger partial charge in [0.15, 0.2) is 0 Å². The lowest BCUT2D eigenvalue weighted by Crippen LogP contribution is -2.50. The lowest BCUT2D eigenvalue weighted by molar-refractivity contribution is -0.138. The molecule has 0 bridgehead atoms. The molecule has 1 spiro atoms. The lowest BCUT2D eigenvalue weighted by atomic mass is 9.66. The monoisotopic (exact) mass is 349 g/mol. The molecule has 1 amide bonds. The second-order valence-corrected chi connectivity index (χ2v) is 7.23. The Hall–Kier alpha value is -1.46. The summed E-state index contributed by atoms with van der Waals surface area (Å²) in [6.07, 6.45) is 3.44.